The van der Waals surface area contributed by atoms with Crippen LogP contribution in [0.5, 0.6) is 0 Å². The molecule has 1 atom stereocenters. The molecule has 0 aliphatic carbocycles. The highest BCUT2D eigenvalue weighted by Gasteiger charge is 2.29. The summed E-state index contributed by atoms with van der Waals surface area (Å²) < 4.78 is 3.72. The number of hydrogen-bond acceptors (Lipinski definition) is 4. The number of hydrogen-bond donors (Lipinski definition) is 2. The smallest absolute Gasteiger partial charge is 0.254 e. The van der Waals surface area contributed by atoms with Gasteiger partial charge in [-0.15, -0.1) is 10.2 Å². The number of aromatic nitrogens is 4. The van der Waals surface area contributed by atoms with Crippen molar-refractivity contribution in [2.75, 3.05) is 0 Å². The molecule has 0 radical (unpaired) electrons. The van der Waals surface area contributed by atoms with Crippen LogP contribution in [0.4, 0.5) is 0 Å². The van der Waals surface area contributed by atoms with Gasteiger partial charge in [0.15, 0.2) is 0 Å². The highest BCUT2D eigenvalue weighted by atomic mass is 35.5. The first-order chi connectivity index (χ1) is 15.8. The maximum absolute atomic E-state index is 13.1. The van der Waals surface area contributed by atoms with E-state index in [4.69, 9.17) is 28.9 Å². The first-order valence-electron chi connectivity index (χ1n) is 10.4. The highest BCUT2D eigenvalue weighted by Crippen LogP contribution is 2.32. The van der Waals surface area contributed by atoms with Gasteiger partial charge in [-0.25, -0.2) is 0 Å². The second kappa shape index (κ2) is 8.20. The van der Waals surface area contributed by atoms with Crippen LogP contribution >= 0.6 is 23.2 Å². The average Bonchev–Trinajstić information content (AvgIpc) is 3.39. The van der Waals surface area contributed by atoms with Crippen molar-refractivity contribution in [1.29, 1.82) is 0 Å². The summed E-state index contributed by atoms with van der Waals surface area (Å²) in [5.74, 6) is -0.787. The Labute approximate surface area is 199 Å². The highest BCUT2D eigenvalue weighted by molar-refractivity contribution is 6.40. The summed E-state index contributed by atoms with van der Waals surface area (Å²) in [5, 5.41) is 11.9. The monoisotopic (exact) mass is 482 g/mol. The van der Waals surface area contributed by atoms with Crippen molar-refractivity contribution < 1.29 is 9.59 Å². The lowest BCUT2D eigenvalue weighted by Gasteiger charge is -2.27. The number of halogens is 2. The number of amides is 2. The van der Waals surface area contributed by atoms with E-state index in [0.717, 1.165) is 22.2 Å². The minimum atomic E-state index is -0.436. The lowest BCUT2D eigenvalue weighted by molar-refractivity contribution is 0.0925. The quantitative estimate of drug-likeness (QED) is 0.462. The van der Waals surface area contributed by atoms with Crippen LogP contribution in [0.1, 0.15) is 38.4 Å². The van der Waals surface area contributed by atoms with Crippen LogP contribution < -0.4 is 11.1 Å². The van der Waals surface area contributed by atoms with Gasteiger partial charge in [-0.3, -0.25) is 14.2 Å². The fourth-order valence-corrected chi connectivity index (χ4v) is 5.17. The zero-order chi connectivity index (χ0) is 23.3. The van der Waals surface area contributed by atoms with Crippen molar-refractivity contribution in [1.82, 2.24) is 24.6 Å². The fraction of sp³-hybridized carbons (Fsp3) is 0.217. The Hall–Kier alpha value is -3.36. The molecule has 1 aliphatic rings. The number of aryl methyl sites for hydroxylation is 1. The Morgan fingerprint density at radius 1 is 1.09 bits per heavy atom. The lowest BCUT2D eigenvalue weighted by atomic mass is 10.0. The Morgan fingerprint density at radius 3 is 2.45 bits per heavy atom. The minimum Gasteiger partial charge on any atom is -0.366 e. The zero-order valence-electron chi connectivity index (χ0n) is 17.7. The third-order valence-electron chi connectivity index (χ3n) is 6.01. The number of nitrogens with two attached hydrogens (primary N) is 1. The molecular weight excluding hydrogens is 463 g/mol. The van der Waals surface area contributed by atoms with Crippen LogP contribution in [0.15, 0.2) is 43.0 Å². The van der Waals surface area contributed by atoms with E-state index in [2.05, 4.69) is 20.1 Å². The van der Waals surface area contributed by atoms with Crippen LogP contribution in [0.2, 0.25) is 10.0 Å². The molecule has 0 bridgehead atoms. The Balaban J connectivity index is 1.43. The SMILES string of the molecule is Cc1ccc2c(c1)c(C(N)=O)c1n2CC(NC(=O)c2c(Cl)cc(-n3cnnc3)cc2Cl)CC1. The third kappa shape index (κ3) is 3.75. The minimum absolute atomic E-state index is 0.160. The summed E-state index contributed by atoms with van der Waals surface area (Å²) in [7, 11) is 0. The standard InChI is InChI=1S/C23H20Cl2N6O2/c1-12-2-4-18-15(6-12)20(22(26)32)19-5-3-13(9-31(18)19)29-23(33)21-16(24)7-14(8-17(21)25)30-10-27-28-11-30/h2,4,6-8,10-11,13H,3,5,9H2,1H3,(H2,26,32)(H,29,33). The fourth-order valence-electron chi connectivity index (χ4n) is 4.52. The molecule has 33 heavy (non-hydrogen) atoms. The molecule has 4 aromatic rings. The van der Waals surface area contributed by atoms with E-state index in [1.807, 2.05) is 25.1 Å². The first kappa shape index (κ1) is 21.5. The summed E-state index contributed by atoms with van der Waals surface area (Å²) in [4.78, 5) is 25.3. The van der Waals surface area contributed by atoms with Crippen LogP contribution in [0.3, 0.4) is 0 Å². The van der Waals surface area contributed by atoms with Crippen molar-refractivity contribution in [3.8, 4) is 5.69 Å². The van der Waals surface area contributed by atoms with Gasteiger partial charge in [0.2, 0.25) is 0 Å². The number of nitrogens with one attached hydrogen (secondary N) is 1. The number of benzene rings is 2. The molecule has 0 spiro atoms. The Morgan fingerprint density at radius 2 is 1.79 bits per heavy atom. The van der Waals surface area contributed by atoms with Gasteiger partial charge in [-0.2, -0.15) is 0 Å². The molecule has 3 heterocycles. The Bertz CT molecular complexity index is 1390. The van der Waals surface area contributed by atoms with Gasteiger partial charge in [0.05, 0.1) is 26.9 Å². The predicted molar refractivity (Wildman–Crippen MR) is 126 cm³/mol. The van der Waals surface area contributed by atoms with E-state index in [1.54, 1.807) is 16.7 Å². The Kier molecular flexibility index (Phi) is 5.34. The number of rotatable bonds is 4. The zero-order valence-corrected chi connectivity index (χ0v) is 19.2. The average molecular weight is 483 g/mol. The lowest BCUT2D eigenvalue weighted by Crippen LogP contribution is -2.41. The van der Waals surface area contributed by atoms with Crippen molar-refractivity contribution in [2.24, 2.45) is 5.73 Å². The van der Waals surface area contributed by atoms with E-state index < -0.39 is 5.91 Å². The number of carbonyl (C=O) groups is 2. The summed E-state index contributed by atoms with van der Waals surface area (Å²) in [6.45, 7) is 2.49. The van der Waals surface area contributed by atoms with Gasteiger partial charge in [-0.1, -0.05) is 34.8 Å². The van der Waals surface area contributed by atoms with Gasteiger partial charge in [-0.05, 0) is 44.0 Å². The normalized spacial score (nSPS) is 15.4. The second-order valence-corrected chi connectivity index (χ2v) is 8.99. The molecule has 1 aliphatic heterocycles. The number of fused-ring (bicyclic) bond motifs is 3. The summed E-state index contributed by atoms with van der Waals surface area (Å²) >= 11 is 12.8. The molecule has 5 rings (SSSR count). The summed E-state index contributed by atoms with van der Waals surface area (Å²) in [6, 6.07) is 9.09. The van der Waals surface area contributed by atoms with Crippen LogP contribution in [0.25, 0.3) is 16.6 Å². The van der Waals surface area contributed by atoms with E-state index in [1.165, 1.54) is 12.7 Å². The topological polar surface area (TPSA) is 108 Å². The van der Waals surface area contributed by atoms with Gasteiger partial charge < -0.3 is 15.6 Å². The maximum Gasteiger partial charge on any atom is 0.254 e. The van der Waals surface area contributed by atoms with Gasteiger partial charge >= 0.3 is 0 Å². The number of nitrogens with zero attached hydrogens (tertiary/aromatic N) is 4. The van der Waals surface area contributed by atoms with E-state index >= 15 is 0 Å². The van der Waals surface area contributed by atoms with E-state index in [0.29, 0.717) is 30.6 Å². The first-order valence-corrected chi connectivity index (χ1v) is 11.2. The van der Waals surface area contributed by atoms with Crippen molar-refractivity contribution >= 4 is 45.9 Å². The molecule has 1 unspecified atom stereocenters. The molecule has 2 aromatic heterocycles. The molecule has 2 amide bonds. The van der Waals surface area contributed by atoms with Crippen LogP contribution in [0, 0.1) is 6.92 Å². The van der Waals surface area contributed by atoms with Crippen molar-refractivity contribution in [3.05, 3.63) is 75.4 Å². The molecule has 8 nitrogen and oxygen atoms in total. The van der Waals surface area contributed by atoms with Crippen LogP contribution in [-0.2, 0) is 13.0 Å². The molecule has 0 saturated heterocycles. The van der Waals surface area contributed by atoms with Gasteiger partial charge in [0.25, 0.3) is 11.8 Å². The van der Waals surface area contributed by atoms with Crippen molar-refractivity contribution in [2.45, 2.75) is 32.4 Å². The maximum atomic E-state index is 13.1. The molecular formula is C23H20Cl2N6O2. The summed E-state index contributed by atoms with van der Waals surface area (Å²) in [5.41, 5.74) is 10.0. The van der Waals surface area contributed by atoms with Crippen molar-refractivity contribution in [3.63, 3.8) is 0 Å². The molecule has 10 heteroatoms. The largest absolute Gasteiger partial charge is 0.366 e. The molecule has 168 valence electrons. The second-order valence-electron chi connectivity index (χ2n) is 8.18. The molecule has 2 aromatic carbocycles. The van der Waals surface area contributed by atoms with Crippen LogP contribution in [-0.4, -0.2) is 37.2 Å². The predicted octanol–water partition coefficient (Wildman–Crippen LogP) is 3.68. The molecule has 0 saturated carbocycles. The number of primary amides is 1. The third-order valence-corrected chi connectivity index (χ3v) is 6.61. The summed E-state index contributed by atoms with van der Waals surface area (Å²) in [6.07, 6.45) is 4.31. The van der Waals surface area contributed by atoms with Gasteiger partial charge in [0, 0.05) is 29.2 Å². The number of carbonyl (C=O) groups excluding carboxylic acids is 2. The van der Waals surface area contributed by atoms with Gasteiger partial charge in [0.1, 0.15) is 12.7 Å². The molecule has 0 fully saturated rings. The van der Waals surface area contributed by atoms with E-state index in [-0.39, 0.29) is 27.6 Å². The van der Waals surface area contributed by atoms with E-state index in [9.17, 15) is 9.59 Å². The molecule has 3 N–H and O–H groups in total.